The number of nitrogens with zero attached hydrogens (tertiary/aromatic N) is 1. The Kier molecular flexibility index (Phi) is 6.26. The van der Waals surface area contributed by atoms with E-state index in [4.69, 9.17) is 10.5 Å². The second kappa shape index (κ2) is 8.68. The van der Waals surface area contributed by atoms with Crippen molar-refractivity contribution in [2.45, 2.75) is 51.7 Å². The van der Waals surface area contributed by atoms with Gasteiger partial charge in [-0.15, -0.1) is 0 Å². The normalized spacial score (nSPS) is 21.9. The zero-order valence-electron chi connectivity index (χ0n) is 17.4. The summed E-state index contributed by atoms with van der Waals surface area (Å²) < 4.78 is 6.04. The van der Waals surface area contributed by atoms with Crippen molar-refractivity contribution < 1.29 is 14.3 Å². The van der Waals surface area contributed by atoms with Crippen LogP contribution in [0.2, 0.25) is 0 Å². The molecule has 2 aromatic rings. The molecule has 1 fully saturated rings. The number of hydrogen-bond donors (Lipinski definition) is 1. The van der Waals surface area contributed by atoms with E-state index in [-0.39, 0.29) is 18.1 Å². The first-order chi connectivity index (χ1) is 13.9. The van der Waals surface area contributed by atoms with Gasteiger partial charge in [0.2, 0.25) is 0 Å². The van der Waals surface area contributed by atoms with Crippen LogP contribution < -0.4 is 10.6 Å². The Labute approximate surface area is 172 Å². The largest absolute Gasteiger partial charge is 0.456 e. The molecule has 2 unspecified atom stereocenters. The summed E-state index contributed by atoms with van der Waals surface area (Å²) in [7, 11) is 0. The standard InChI is InChI=1S/C24H30N2O3/c1-4-26(20-12-8-11-19(25)15-20)22-21(27)16-24(17(2)3,29-23(22)28)14-13-18-9-6-5-7-10-18/h5-12,15,17,22H,4,13-14,16,25H2,1-3H3. The molecule has 1 aliphatic heterocycles. The minimum absolute atomic E-state index is 0.0440. The highest BCUT2D eigenvalue weighted by Gasteiger charge is 2.50. The van der Waals surface area contributed by atoms with E-state index in [1.54, 1.807) is 17.0 Å². The van der Waals surface area contributed by atoms with Crippen LogP contribution in [0.5, 0.6) is 0 Å². The molecular weight excluding hydrogens is 364 g/mol. The van der Waals surface area contributed by atoms with Crippen molar-refractivity contribution >= 4 is 23.1 Å². The van der Waals surface area contributed by atoms with Crippen molar-refractivity contribution in [3.63, 3.8) is 0 Å². The number of nitrogens with two attached hydrogens (primary N) is 1. The van der Waals surface area contributed by atoms with E-state index in [0.29, 0.717) is 18.7 Å². The maximum absolute atomic E-state index is 13.2. The fourth-order valence-electron chi connectivity index (χ4n) is 4.08. The van der Waals surface area contributed by atoms with Gasteiger partial charge in [-0.05, 0) is 49.4 Å². The van der Waals surface area contributed by atoms with Crippen LogP contribution in [0.15, 0.2) is 54.6 Å². The minimum Gasteiger partial charge on any atom is -0.456 e. The van der Waals surface area contributed by atoms with Gasteiger partial charge < -0.3 is 15.4 Å². The summed E-state index contributed by atoms with van der Waals surface area (Å²) >= 11 is 0. The summed E-state index contributed by atoms with van der Waals surface area (Å²) in [4.78, 5) is 28.1. The van der Waals surface area contributed by atoms with Crippen LogP contribution in [0, 0.1) is 5.92 Å². The number of Topliss-reactive ketones (excluding diaryl/α,β-unsaturated/α-hetero) is 1. The highest BCUT2D eigenvalue weighted by Crippen LogP contribution is 2.37. The smallest absolute Gasteiger partial charge is 0.337 e. The Hall–Kier alpha value is -2.82. The number of likely N-dealkylation sites (N-methyl/N-ethyl adjacent to an activating group) is 1. The third-order valence-electron chi connectivity index (χ3n) is 5.89. The Morgan fingerprint density at radius 2 is 1.86 bits per heavy atom. The van der Waals surface area contributed by atoms with Crippen LogP contribution in [-0.4, -0.2) is 29.9 Å². The zero-order valence-corrected chi connectivity index (χ0v) is 17.4. The molecule has 3 rings (SSSR count). The average molecular weight is 395 g/mol. The summed E-state index contributed by atoms with van der Waals surface area (Å²) in [5.74, 6) is -0.512. The first-order valence-electron chi connectivity index (χ1n) is 10.3. The summed E-state index contributed by atoms with van der Waals surface area (Å²) in [6.45, 7) is 6.46. The highest BCUT2D eigenvalue weighted by atomic mass is 16.6. The van der Waals surface area contributed by atoms with Gasteiger partial charge in [0, 0.05) is 24.3 Å². The molecule has 0 bridgehead atoms. The number of ketones is 1. The molecule has 1 heterocycles. The number of nitrogen functional groups attached to an aromatic ring is 1. The van der Waals surface area contributed by atoms with Gasteiger partial charge in [0.25, 0.3) is 0 Å². The molecule has 0 aromatic heterocycles. The van der Waals surface area contributed by atoms with E-state index in [1.165, 1.54) is 5.56 Å². The van der Waals surface area contributed by atoms with Crippen LogP contribution in [0.4, 0.5) is 11.4 Å². The lowest BCUT2D eigenvalue weighted by Crippen LogP contribution is -2.59. The van der Waals surface area contributed by atoms with E-state index >= 15 is 0 Å². The molecule has 1 aliphatic rings. The van der Waals surface area contributed by atoms with Crippen LogP contribution in [0.25, 0.3) is 0 Å². The number of anilines is 2. The molecular formula is C24H30N2O3. The Morgan fingerprint density at radius 1 is 1.14 bits per heavy atom. The SMILES string of the molecule is CCN(c1cccc(N)c1)C1C(=O)CC(CCc2ccccc2)(C(C)C)OC1=O. The lowest BCUT2D eigenvalue weighted by atomic mass is 9.77. The van der Waals surface area contributed by atoms with Crippen LogP contribution in [0.1, 0.15) is 39.2 Å². The molecule has 2 atom stereocenters. The van der Waals surface area contributed by atoms with Gasteiger partial charge in [-0.3, -0.25) is 4.79 Å². The Morgan fingerprint density at radius 3 is 2.45 bits per heavy atom. The summed E-state index contributed by atoms with van der Waals surface area (Å²) in [5, 5.41) is 0. The van der Waals surface area contributed by atoms with Gasteiger partial charge in [0.1, 0.15) is 5.60 Å². The maximum atomic E-state index is 13.2. The summed E-state index contributed by atoms with van der Waals surface area (Å²) in [6, 6.07) is 16.4. The van der Waals surface area contributed by atoms with Crippen molar-refractivity contribution in [3.05, 3.63) is 60.2 Å². The molecule has 2 aromatic carbocycles. The number of cyclic esters (lactones) is 1. The van der Waals surface area contributed by atoms with Crippen molar-refractivity contribution in [1.29, 1.82) is 0 Å². The Bertz CT molecular complexity index is 845. The number of carbonyl (C=O) groups excluding carboxylic acids is 2. The van der Waals surface area contributed by atoms with Gasteiger partial charge in [0.05, 0.1) is 0 Å². The lowest BCUT2D eigenvalue weighted by Gasteiger charge is -2.44. The number of ether oxygens (including phenoxy) is 1. The van der Waals surface area contributed by atoms with Gasteiger partial charge in [-0.25, -0.2) is 4.79 Å². The number of rotatable bonds is 7. The van der Waals surface area contributed by atoms with E-state index in [0.717, 1.165) is 12.1 Å². The number of aryl methyl sites for hydroxylation is 1. The molecule has 0 spiro atoms. The van der Waals surface area contributed by atoms with Crippen LogP contribution >= 0.6 is 0 Å². The third-order valence-corrected chi connectivity index (χ3v) is 5.89. The van der Waals surface area contributed by atoms with Crippen LogP contribution in [-0.2, 0) is 20.7 Å². The first-order valence-corrected chi connectivity index (χ1v) is 10.3. The fraction of sp³-hybridized carbons (Fsp3) is 0.417. The van der Waals surface area contributed by atoms with Crippen molar-refractivity contribution in [2.24, 2.45) is 5.92 Å². The number of benzene rings is 2. The second-order valence-electron chi connectivity index (χ2n) is 8.05. The van der Waals surface area contributed by atoms with Gasteiger partial charge >= 0.3 is 5.97 Å². The molecule has 5 nitrogen and oxygen atoms in total. The lowest BCUT2D eigenvalue weighted by molar-refractivity contribution is -0.179. The van der Waals surface area contributed by atoms with Gasteiger partial charge in [0.15, 0.2) is 11.8 Å². The molecule has 0 amide bonds. The molecule has 29 heavy (non-hydrogen) atoms. The molecule has 0 aliphatic carbocycles. The molecule has 154 valence electrons. The predicted molar refractivity (Wildman–Crippen MR) is 116 cm³/mol. The summed E-state index contributed by atoms with van der Waals surface area (Å²) in [6.07, 6.45) is 1.62. The van der Waals surface area contributed by atoms with Crippen LogP contribution in [0.3, 0.4) is 0 Å². The van der Waals surface area contributed by atoms with E-state index < -0.39 is 17.6 Å². The number of esters is 1. The molecule has 2 N–H and O–H groups in total. The summed E-state index contributed by atoms with van der Waals surface area (Å²) in [5.41, 5.74) is 7.65. The molecule has 1 saturated heterocycles. The fourth-order valence-corrected chi connectivity index (χ4v) is 4.08. The van der Waals surface area contributed by atoms with Gasteiger partial charge in [-0.2, -0.15) is 0 Å². The topological polar surface area (TPSA) is 72.6 Å². The van der Waals surface area contributed by atoms with E-state index in [2.05, 4.69) is 12.1 Å². The third kappa shape index (κ3) is 4.44. The Balaban J connectivity index is 1.82. The number of carbonyl (C=O) groups is 2. The quantitative estimate of drug-likeness (QED) is 0.436. The minimum atomic E-state index is -0.926. The zero-order chi connectivity index (χ0) is 21.0. The maximum Gasteiger partial charge on any atom is 0.337 e. The molecule has 5 heteroatoms. The first kappa shape index (κ1) is 20.9. The van der Waals surface area contributed by atoms with Crippen molar-refractivity contribution in [2.75, 3.05) is 17.2 Å². The predicted octanol–water partition coefficient (Wildman–Crippen LogP) is 4.01. The van der Waals surface area contributed by atoms with Crippen molar-refractivity contribution in [1.82, 2.24) is 0 Å². The number of hydrogen-bond acceptors (Lipinski definition) is 5. The molecule has 0 saturated carbocycles. The highest BCUT2D eigenvalue weighted by molar-refractivity contribution is 6.08. The van der Waals surface area contributed by atoms with Gasteiger partial charge in [-0.1, -0.05) is 50.2 Å². The van der Waals surface area contributed by atoms with E-state index in [1.807, 2.05) is 51.1 Å². The monoisotopic (exact) mass is 394 g/mol. The molecule has 0 radical (unpaired) electrons. The van der Waals surface area contributed by atoms with Crippen molar-refractivity contribution in [3.8, 4) is 0 Å². The van der Waals surface area contributed by atoms with E-state index in [9.17, 15) is 9.59 Å². The second-order valence-corrected chi connectivity index (χ2v) is 8.05. The average Bonchev–Trinajstić information content (AvgIpc) is 2.69.